The standard InChI is InChI=1S/C24H22FNO4/c1-29-24(28)22(26-23(27)19-10-12-20(25)13-11-19)15-18-8-5-9-21(14-18)30-16-17-6-3-2-4-7-17/h2-14,22H,15-16H2,1H3,(H,26,27)/t22-/m1/s1. The number of esters is 1. The Hall–Kier alpha value is -3.67. The molecule has 3 aromatic rings. The third-order valence-electron chi connectivity index (χ3n) is 4.48. The smallest absolute Gasteiger partial charge is 0.328 e. The number of hydrogen-bond acceptors (Lipinski definition) is 4. The van der Waals surface area contributed by atoms with Gasteiger partial charge in [-0.3, -0.25) is 4.79 Å². The second-order valence-corrected chi connectivity index (χ2v) is 6.68. The van der Waals surface area contributed by atoms with Crippen LogP contribution in [0.5, 0.6) is 5.75 Å². The van der Waals surface area contributed by atoms with E-state index in [1.54, 1.807) is 0 Å². The fourth-order valence-electron chi connectivity index (χ4n) is 2.92. The fourth-order valence-corrected chi connectivity index (χ4v) is 2.92. The summed E-state index contributed by atoms with van der Waals surface area (Å²) >= 11 is 0. The van der Waals surface area contributed by atoms with Gasteiger partial charge in [-0.15, -0.1) is 0 Å². The Morgan fingerprint density at radius 1 is 0.933 bits per heavy atom. The van der Waals surface area contributed by atoms with Crippen LogP contribution in [-0.4, -0.2) is 25.0 Å². The van der Waals surface area contributed by atoms with Crippen LogP contribution >= 0.6 is 0 Å². The maximum absolute atomic E-state index is 13.1. The molecular weight excluding hydrogens is 385 g/mol. The van der Waals surface area contributed by atoms with Crippen LogP contribution in [0.15, 0.2) is 78.9 Å². The van der Waals surface area contributed by atoms with E-state index in [2.05, 4.69) is 5.32 Å². The highest BCUT2D eigenvalue weighted by molar-refractivity contribution is 5.96. The molecule has 154 valence electrons. The van der Waals surface area contributed by atoms with Crippen LogP contribution in [0.4, 0.5) is 4.39 Å². The third kappa shape index (κ3) is 5.91. The number of carbonyl (C=O) groups excluding carboxylic acids is 2. The van der Waals surface area contributed by atoms with Gasteiger partial charge in [-0.25, -0.2) is 9.18 Å². The molecule has 0 unspecified atom stereocenters. The average molecular weight is 407 g/mol. The van der Waals surface area contributed by atoms with Crippen LogP contribution in [0.1, 0.15) is 21.5 Å². The second kappa shape index (κ2) is 10.2. The van der Waals surface area contributed by atoms with Crippen LogP contribution in [0.3, 0.4) is 0 Å². The first-order valence-electron chi connectivity index (χ1n) is 9.45. The Balaban J connectivity index is 1.67. The summed E-state index contributed by atoms with van der Waals surface area (Å²) < 4.78 is 23.7. The quantitative estimate of drug-likeness (QED) is 0.575. The Kier molecular flexibility index (Phi) is 7.16. The molecule has 30 heavy (non-hydrogen) atoms. The molecular formula is C24H22FNO4. The zero-order valence-corrected chi connectivity index (χ0v) is 16.5. The van der Waals surface area contributed by atoms with Gasteiger partial charge in [0.1, 0.15) is 24.2 Å². The summed E-state index contributed by atoms with van der Waals surface area (Å²) in [5, 5.41) is 2.65. The van der Waals surface area contributed by atoms with Gasteiger partial charge < -0.3 is 14.8 Å². The topological polar surface area (TPSA) is 64.6 Å². The lowest BCUT2D eigenvalue weighted by Crippen LogP contribution is -2.43. The monoisotopic (exact) mass is 407 g/mol. The lowest BCUT2D eigenvalue weighted by atomic mass is 10.0. The lowest BCUT2D eigenvalue weighted by Gasteiger charge is -2.17. The predicted octanol–water partition coefficient (Wildman–Crippen LogP) is 3.92. The molecule has 0 heterocycles. The summed E-state index contributed by atoms with van der Waals surface area (Å²) in [6.45, 7) is 0.423. The highest BCUT2D eigenvalue weighted by atomic mass is 19.1. The molecule has 0 aliphatic rings. The number of halogens is 1. The Bertz CT molecular complexity index is 990. The molecule has 1 atom stereocenters. The van der Waals surface area contributed by atoms with Crippen molar-refractivity contribution in [3.8, 4) is 5.75 Å². The van der Waals surface area contributed by atoms with E-state index in [0.29, 0.717) is 12.4 Å². The van der Waals surface area contributed by atoms with Crippen molar-refractivity contribution >= 4 is 11.9 Å². The first-order chi connectivity index (χ1) is 14.5. The van der Waals surface area contributed by atoms with Crippen LogP contribution < -0.4 is 10.1 Å². The van der Waals surface area contributed by atoms with Gasteiger partial charge in [-0.05, 0) is 47.5 Å². The molecule has 0 saturated carbocycles. The number of hydrogen-bond donors (Lipinski definition) is 1. The maximum atomic E-state index is 13.1. The predicted molar refractivity (Wildman–Crippen MR) is 111 cm³/mol. The molecule has 0 fully saturated rings. The maximum Gasteiger partial charge on any atom is 0.328 e. The minimum Gasteiger partial charge on any atom is -0.489 e. The SMILES string of the molecule is COC(=O)[C@@H](Cc1cccc(OCc2ccccc2)c1)NC(=O)c1ccc(F)cc1. The third-order valence-corrected chi connectivity index (χ3v) is 4.48. The summed E-state index contributed by atoms with van der Waals surface area (Å²) in [6.07, 6.45) is 0.224. The van der Waals surface area contributed by atoms with Gasteiger partial charge in [-0.2, -0.15) is 0 Å². The Labute approximate surface area is 174 Å². The molecule has 1 N–H and O–H groups in total. The molecule has 0 aromatic heterocycles. The summed E-state index contributed by atoms with van der Waals surface area (Å²) in [5.41, 5.74) is 2.10. The van der Waals surface area contributed by atoms with E-state index >= 15 is 0 Å². The molecule has 0 spiro atoms. The molecule has 5 nitrogen and oxygen atoms in total. The molecule has 3 aromatic carbocycles. The van der Waals surface area contributed by atoms with E-state index in [9.17, 15) is 14.0 Å². The Morgan fingerprint density at radius 3 is 2.33 bits per heavy atom. The molecule has 1 amide bonds. The zero-order valence-electron chi connectivity index (χ0n) is 16.5. The molecule has 6 heteroatoms. The van der Waals surface area contributed by atoms with Gasteiger partial charge in [0.05, 0.1) is 7.11 Å². The normalized spacial score (nSPS) is 11.4. The molecule has 0 aliphatic carbocycles. The number of methoxy groups -OCH3 is 1. The van der Waals surface area contributed by atoms with Crippen molar-refractivity contribution in [3.63, 3.8) is 0 Å². The number of rotatable bonds is 8. The van der Waals surface area contributed by atoms with Crippen LogP contribution in [0.25, 0.3) is 0 Å². The molecule has 0 bridgehead atoms. The van der Waals surface area contributed by atoms with Crippen molar-refractivity contribution in [2.24, 2.45) is 0 Å². The second-order valence-electron chi connectivity index (χ2n) is 6.68. The van der Waals surface area contributed by atoms with Crippen molar-refractivity contribution in [2.75, 3.05) is 7.11 Å². The van der Waals surface area contributed by atoms with Crippen molar-refractivity contribution in [3.05, 3.63) is 101 Å². The highest BCUT2D eigenvalue weighted by Gasteiger charge is 2.23. The summed E-state index contributed by atoms with van der Waals surface area (Å²) in [6, 6.07) is 21.3. The fraction of sp³-hybridized carbons (Fsp3) is 0.167. The summed E-state index contributed by atoms with van der Waals surface area (Å²) in [5.74, 6) is -0.837. The van der Waals surface area contributed by atoms with Crippen molar-refractivity contribution < 1.29 is 23.5 Å². The van der Waals surface area contributed by atoms with Crippen LogP contribution in [0, 0.1) is 5.82 Å². The molecule has 0 aliphatic heterocycles. The minimum absolute atomic E-state index is 0.224. The minimum atomic E-state index is -0.892. The number of nitrogens with one attached hydrogen (secondary N) is 1. The van der Waals surface area contributed by atoms with Crippen LogP contribution in [0.2, 0.25) is 0 Å². The van der Waals surface area contributed by atoms with E-state index < -0.39 is 23.7 Å². The van der Waals surface area contributed by atoms with Gasteiger partial charge in [0.2, 0.25) is 0 Å². The van der Waals surface area contributed by atoms with Crippen molar-refractivity contribution in [2.45, 2.75) is 19.1 Å². The Morgan fingerprint density at radius 2 is 1.63 bits per heavy atom. The molecule has 0 saturated heterocycles. The van der Waals surface area contributed by atoms with E-state index in [0.717, 1.165) is 11.1 Å². The number of amides is 1. The van der Waals surface area contributed by atoms with Gasteiger partial charge in [0.15, 0.2) is 0 Å². The van der Waals surface area contributed by atoms with E-state index in [1.807, 2.05) is 54.6 Å². The first-order valence-corrected chi connectivity index (χ1v) is 9.45. The first kappa shape index (κ1) is 21.0. The van der Waals surface area contributed by atoms with Gasteiger partial charge in [-0.1, -0.05) is 42.5 Å². The van der Waals surface area contributed by atoms with Crippen LogP contribution in [-0.2, 0) is 22.6 Å². The number of ether oxygens (including phenoxy) is 2. The molecule has 3 rings (SSSR count). The van der Waals surface area contributed by atoms with E-state index in [4.69, 9.17) is 9.47 Å². The summed E-state index contributed by atoms with van der Waals surface area (Å²) in [4.78, 5) is 24.6. The zero-order chi connectivity index (χ0) is 21.3. The van der Waals surface area contributed by atoms with Gasteiger partial charge >= 0.3 is 5.97 Å². The molecule has 0 radical (unpaired) electrons. The largest absolute Gasteiger partial charge is 0.489 e. The number of carbonyl (C=O) groups is 2. The highest BCUT2D eigenvalue weighted by Crippen LogP contribution is 2.17. The van der Waals surface area contributed by atoms with Crippen molar-refractivity contribution in [1.29, 1.82) is 0 Å². The van der Waals surface area contributed by atoms with Gasteiger partial charge in [0.25, 0.3) is 5.91 Å². The van der Waals surface area contributed by atoms with E-state index in [-0.39, 0.29) is 12.0 Å². The lowest BCUT2D eigenvalue weighted by molar-refractivity contribution is -0.142. The number of benzene rings is 3. The van der Waals surface area contributed by atoms with E-state index in [1.165, 1.54) is 31.4 Å². The average Bonchev–Trinajstić information content (AvgIpc) is 2.78. The van der Waals surface area contributed by atoms with Crippen molar-refractivity contribution in [1.82, 2.24) is 5.32 Å². The van der Waals surface area contributed by atoms with Gasteiger partial charge in [0, 0.05) is 12.0 Å². The summed E-state index contributed by atoms with van der Waals surface area (Å²) in [7, 11) is 1.26.